The predicted octanol–water partition coefficient (Wildman–Crippen LogP) is 2.12. The van der Waals surface area contributed by atoms with E-state index in [1.165, 1.54) is 15.9 Å². The number of rotatable bonds is 5. The van der Waals surface area contributed by atoms with E-state index in [2.05, 4.69) is 23.6 Å². The van der Waals surface area contributed by atoms with Crippen LogP contribution in [0.15, 0.2) is 23.0 Å². The van der Waals surface area contributed by atoms with E-state index in [9.17, 15) is 4.79 Å². The number of anilines is 1. The van der Waals surface area contributed by atoms with Gasteiger partial charge in [-0.2, -0.15) is 4.52 Å². The lowest BCUT2D eigenvalue weighted by Crippen LogP contribution is -2.20. The van der Waals surface area contributed by atoms with Crippen LogP contribution in [0.5, 0.6) is 0 Å². The normalized spacial score (nSPS) is 10.9. The van der Waals surface area contributed by atoms with Crippen LogP contribution in [0.25, 0.3) is 4.96 Å². The Morgan fingerprint density at radius 1 is 1.58 bits per heavy atom. The number of likely N-dealkylation sites (N-methyl/N-ethyl adjacent to an activating group) is 1. The van der Waals surface area contributed by atoms with Crippen LogP contribution in [0.3, 0.4) is 0 Å². The average molecular weight is 278 g/mol. The Kier molecular flexibility index (Phi) is 3.99. The minimum absolute atomic E-state index is 0.111. The van der Waals surface area contributed by atoms with E-state index in [1.807, 2.05) is 18.9 Å². The van der Waals surface area contributed by atoms with Gasteiger partial charge in [0.05, 0.1) is 0 Å². The van der Waals surface area contributed by atoms with Crippen molar-refractivity contribution < 1.29 is 0 Å². The molecule has 0 bridgehead atoms. The van der Waals surface area contributed by atoms with E-state index in [1.54, 1.807) is 6.07 Å². The lowest BCUT2D eigenvalue weighted by molar-refractivity contribution is 0.830. The lowest BCUT2D eigenvalue weighted by atomic mass is 10.2. The van der Waals surface area contributed by atoms with Gasteiger partial charge >= 0.3 is 0 Å². The molecule has 0 saturated heterocycles. The molecule has 0 aliphatic heterocycles. The first-order valence-corrected chi connectivity index (χ1v) is 7.08. The highest BCUT2D eigenvalue weighted by Gasteiger charge is 2.11. The van der Waals surface area contributed by atoms with Gasteiger partial charge in [0.15, 0.2) is 0 Å². The molecule has 0 fully saturated rings. The van der Waals surface area contributed by atoms with Crippen LogP contribution in [0.2, 0.25) is 0 Å². The minimum Gasteiger partial charge on any atom is -0.346 e. The van der Waals surface area contributed by atoms with Crippen LogP contribution in [0, 0.1) is 0 Å². The van der Waals surface area contributed by atoms with E-state index >= 15 is 0 Å². The molecule has 2 rings (SSSR count). The van der Waals surface area contributed by atoms with Crippen molar-refractivity contribution in [1.29, 1.82) is 0 Å². The predicted molar refractivity (Wildman–Crippen MR) is 79.2 cm³/mol. The molecule has 19 heavy (non-hydrogen) atoms. The number of hydrogen-bond acceptors (Lipinski definition) is 5. The third kappa shape index (κ3) is 3.01. The van der Waals surface area contributed by atoms with Crippen molar-refractivity contribution in [3.8, 4) is 0 Å². The Balaban J connectivity index is 2.42. The molecule has 0 aromatic carbocycles. The summed E-state index contributed by atoms with van der Waals surface area (Å²) >= 11 is 1.43. The molecule has 0 aliphatic carbocycles. The molecule has 2 heterocycles. The summed E-state index contributed by atoms with van der Waals surface area (Å²) in [5, 5.41) is 5.09. The second-order valence-corrected chi connectivity index (χ2v) is 5.66. The number of hydrogen-bond donors (Lipinski definition) is 0. The third-order valence-electron chi connectivity index (χ3n) is 2.63. The van der Waals surface area contributed by atoms with Gasteiger partial charge in [0.1, 0.15) is 0 Å². The van der Waals surface area contributed by atoms with Gasteiger partial charge in [0.25, 0.3) is 5.56 Å². The van der Waals surface area contributed by atoms with E-state index in [-0.39, 0.29) is 5.56 Å². The smallest absolute Gasteiger partial charge is 0.275 e. The highest BCUT2D eigenvalue weighted by Crippen LogP contribution is 2.20. The van der Waals surface area contributed by atoms with Gasteiger partial charge in [-0.25, -0.2) is 4.98 Å². The molecule has 0 unspecified atom stereocenters. The maximum Gasteiger partial charge on any atom is 0.275 e. The highest BCUT2D eigenvalue weighted by molar-refractivity contribution is 7.20. The maximum absolute atomic E-state index is 12.0. The van der Waals surface area contributed by atoms with Crippen molar-refractivity contribution in [3.05, 3.63) is 34.3 Å². The Morgan fingerprint density at radius 2 is 2.32 bits per heavy atom. The molecule has 5 nitrogen and oxygen atoms in total. The molecule has 102 valence electrons. The van der Waals surface area contributed by atoms with E-state index < -0.39 is 0 Å². The summed E-state index contributed by atoms with van der Waals surface area (Å²) in [6.45, 7) is 8.64. The SMILES string of the molecule is C=C(C)CN(C)c1nn2c(=O)cc(CCC)nc2s1. The molecular formula is C13H18N4OS. The zero-order valence-electron chi connectivity index (χ0n) is 11.5. The molecule has 0 N–H and O–H groups in total. The summed E-state index contributed by atoms with van der Waals surface area (Å²) in [5.41, 5.74) is 1.78. The zero-order chi connectivity index (χ0) is 14.0. The molecule has 0 amide bonds. The van der Waals surface area contributed by atoms with Crippen LogP contribution < -0.4 is 10.5 Å². The van der Waals surface area contributed by atoms with Gasteiger partial charge in [-0.3, -0.25) is 4.79 Å². The van der Waals surface area contributed by atoms with Crippen LogP contribution in [0.1, 0.15) is 26.0 Å². The molecule has 2 aromatic rings. The van der Waals surface area contributed by atoms with Crippen molar-refractivity contribution in [2.24, 2.45) is 0 Å². The van der Waals surface area contributed by atoms with E-state index in [0.717, 1.165) is 35.8 Å². The maximum atomic E-state index is 12.0. The van der Waals surface area contributed by atoms with Crippen molar-refractivity contribution in [3.63, 3.8) is 0 Å². The highest BCUT2D eigenvalue weighted by atomic mass is 32.1. The molecule has 2 aromatic heterocycles. The van der Waals surface area contributed by atoms with Crippen molar-refractivity contribution in [1.82, 2.24) is 14.6 Å². The Hall–Kier alpha value is -1.69. The van der Waals surface area contributed by atoms with E-state index in [0.29, 0.717) is 4.96 Å². The number of fused-ring (bicyclic) bond motifs is 1. The number of aryl methyl sites for hydroxylation is 1. The van der Waals surface area contributed by atoms with Gasteiger partial charge in [0.2, 0.25) is 10.1 Å². The summed E-state index contributed by atoms with van der Waals surface area (Å²) in [5.74, 6) is 0. The summed E-state index contributed by atoms with van der Waals surface area (Å²) in [6.07, 6.45) is 1.80. The van der Waals surface area contributed by atoms with Crippen LogP contribution in [-0.2, 0) is 6.42 Å². The van der Waals surface area contributed by atoms with Crippen LogP contribution >= 0.6 is 11.3 Å². The topological polar surface area (TPSA) is 50.5 Å². The lowest BCUT2D eigenvalue weighted by Gasteiger charge is -2.13. The number of aromatic nitrogens is 3. The van der Waals surface area contributed by atoms with Crippen molar-refractivity contribution >= 4 is 21.4 Å². The molecular weight excluding hydrogens is 260 g/mol. The second-order valence-electron chi connectivity index (χ2n) is 4.73. The Morgan fingerprint density at radius 3 is 2.95 bits per heavy atom. The number of nitrogens with zero attached hydrogens (tertiary/aromatic N) is 4. The van der Waals surface area contributed by atoms with E-state index in [4.69, 9.17) is 0 Å². The third-order valence-corrected chi connectivity index (χ3v) is 3.65. The summed E-state index contributed by atoms with van der Waals surface area (Å²) in [6, 6.07) is 1.57. The first kappa shape index (κ1) is 13.7. The Labute approximate surface area is 116 Å². The molecule has 0 aliphatic rings. The quantitative estimate of drug-likeness (QED) is 0.786. The summed E-state index contributed by atoms with van der Waals surface area (Å²) in [7, 11) is 1.93. The van der Waals surface area contributed by atoms with Gasteiger partial charge in [-0.15, -0.1) is 5.10 Å². The minimum atomic E-state index is -0.111. The molecule has 0 atom stereocenters. The van der Waals surface area contributed by atoms with Crippen molar-refractivity contribution in [2.45, 2.75) is 26.7 Å². The van der Waals surface area contributed by atoms with Gasteiger partial charge < -0.3 is 4.90 Å². The largest absolute Gasteiger partial charge is 0.346 e. The molecule has 0 spiro atoms. The zero-order valence-corrected chi connectivity index (χ0v) is 12.3. The second kappa shape index (κ2) is 5.52. The summed E-state index contributed by atoms with van der Waals surface area (Å²) < 4.78 is 1.37. The standard InChI is InChI=1S/C13H18N4OS/c1-5-6-10-7-11(18)17-12(14-10)19-13(15-17)16(4)8-9(2)3/h7H,2,5-6,8H2,1,3-4H3. The van der Waals surface area contributed by atoms with Gasteiger partial charge in [0, 0.05) is 25.4 Å². The molecule has 6 heteroatoms. The fourth-order valence-corrected chi connectivity index (χ4v) is 2.74. The van der Waals surface area contributed by atoms with Crippen molar-refractivity contribution in [2.75, 3.05) is 18.5 Å². The monoisotopic (exact) mass is 278 g/mol. The first-order chi connectivity index (χ1) is 9.01. The first-order valence-electron chi connectivity index (χ1n) is 6.26. The molecule has 0 saturated carbocycles. The van der Waals surface area contributed by atoms with Gasteiger partial charge in [-0.1, -0.05) is 36.8 Å². The summed E-state index contributed by atoms with van der Waals surface area (Å²) in [4.78, 5) is 19.1. The fraction of sp³-hybridized carbons (Fsp3) is 0.462. The average Bonchev–Trinajstić information content (AvgIpc) is 2.73. The van der Waals surface area contributed by atoms with Crippen LogP contribution in [-0.4, -0.2) is 28.2 Å². The Bertz CT molecular complexity index is 658. The van der Waals surface area contributed by atoms with Crippen LogP contribution in [0.4, 0.5) is 5.13 Å². The molecule has 0 radical (unpaired) electrons. The fourth-order valence-electron chi connectivity index (χ4n) is 1.86. The van der Waals surface area contributed by atoms with Gasteiger partial charge in [-0.05, 0) is 13.3 Å².